The number of carboxylic acids is 1. The molecule has 0 bridgehead atoms. The normalized spacial score (nSPS) is 18.4. The summed E-state index contributed by atoms with van der Waals surface area (Å²) in [7, 11) is 0. The quantitative estimate of drug-likeness (QED) is 0.623. The van der Waals surface area contributed by atoms with Gasteiger partial charge in [0.05, 0.1) is 33.6 Å². The van der Waals surface area contributed by atoms with Crippen LogP contribution in [0.1, 0.15) is 64.8 Å². The van der Waals surface area contributed by atoms with Gasteiger partial charge in [-0.1, -0.05) is 25.4 Å². The minimum Gasteiger partial charge on any atom is -0.479 e. The van der Waals surface area contributed by atoms with Gasteiger partial charge >= 0.3 is 5.97 Å². The Morgan fingerprint density at radius 2 is 1.93 bits per heavy atom. The van der Waals surface area contributed by atoms with E-state index < -0.39 is 17.7 Å². The Balaban J connectivity index is 2.62. The van der Waals surface area contributed by atoms with E-state index in [1.807, 2.05) is 0 Å². The molecule has 27 heavy (non-hydrogen) atoms. The first kappa shape index (κ1) is 22.4. The number of rotatable bonds is 5. The van der Waals surface area contributed by atoms with Crippen LogP contribution in [0, 0.1) is 5.41 Å². The smallest absolute Gasteiger partial charge is 0.337 e. The van der Waals surface area contributed by atoms with Gasteiger partial charge in [-0.05, 0) is 55.0 Å². The number of carbonyl (C=O) groups is 1. The maximum atomic E-state index is 12.0. The maximum absolute atomic E-state index is 12.0. The van der Waals surface area contributed by atoms with Crippen LogP contribution >= 0.6 is 27.5 Å². The summed E-state index contributed by atoms with van der Waals surface area (Å²) in [4.78, 5) is 18.4. The molecule has 2 heterocycles. The molecule has 1 atom stereocenters. The van der Waals surface area contributed by atoms with E-state index in [0.29, 0.717) is 21.4 Å². The summed E-state index contributed by atoms with van der Waals surface area (Å²) in [5.41, 5.74) is 0.890. The van der Waals surface area contributed by atoms with E-state index in [-0.39, 0.29) is 17.2 Å². The number of piperidine rings is 1. The Kier molecular flexibility index (Phi) is 6.83. The van der Waals surface area contributed by atoms with Gasteiger partial charge in [0.15, 0.2) is 6.10 Å². The van der Waals surface area contributed by atoms with Crippen LogP contribution in [0.25, 0.3) is 0 Å². The zero-order valence-electron chi connectivity index (χ0n) is 16.5. The summed E-state index contributed by atoms with van der Waals surface area (Å²) in [5.74, 6) is -1.13. The van der Waals surface area contributed by atoms with Crippen molar-refractivity contribution < 1.29 is 19.7 Å². The predicted molar refractivity (Wildman–Crippen MR) is 109 cm³/mol. The molecule has 152 valence electrons. The lowest BCUT2D eigenvalue weighted by Crippen LogP contribution is -2.39. The second kappa shape index (κ2) is 8.23. The number of anilines is 1. The highest BCUT2D eigenvalue weighted by Gasteiger charge is 2.36. The third-order valence-corrected chi connectivity index (χ3v) is 5.83. The molecule has 0 amide bonds. The Hall–Kier alpha value is -0.890. The van der Waals surface area contributed by atoms with Crippen LogP contribution in [0.4, 0.5) is 5.69 Å². The monoisotopic (exact) mass is 462 g/mol. The Bertz CT molecular complexity index is 709. The number of ether oxygens (including phenoxy) is 1. The predicted octanol–water partition coefficient (Wildman–Crippen LogP) is 4.56. The van der Waals surface area contributed by atoms with Gasteiger partial charge in [0.2, 0.25) is 0 Å². The van der Waals surface area contributed by atoms with E-state index in [0.717, 1.165) is 25.9 Å². The molecule has 8 heteroatoms. The highest BCUT2D eigenvalue weighted by atomic mass is 79.9. The van der Waals surface area contributed by atoms with Gasteiger partial charge in [-0.3, -0.25) is 0 Å². The van der Waals surface area contributed by atoms with E-state index in [9.17, 15) is 15.0 Å². The van der Waals surface area contributed by atoms with Crippen molar-refractivity contribution in [3.63, 3.8) is 0 Å². The lowest BCUT2D eigenvalue weighted by molar-refractivity contribution is -0.160. The molecule has 0 saturated carbocycles. The standard InChI is InChI=1S/C19H28BrClN2O4/c1-18(2,3)27-15(17(25)26)12-14(13(20)11(10-24)22-16(12)21)23-8-6-19(4,5)7-9-23/h15,24H,6-10H2,1-5H3,(H,25,26). The molecule has 0 spiro atoms. The number of aliphatic carboxylic acids is 1. The number of aliphatic hydroxyl groups excluding tert-OH is 1. The number of aliphatic hydroxyl groups is 1. The fourth-order valence-corrected chi connectivity index (χ4v) is 4.12. The largest absolute Gasteiger partial charge is 0.479 e. The van der Waals surface area contributed by atoms with Crippen LogP contribution in [-0.2, 0) is 16.1 Å². The van der Waals surface area contributed by atoms with E-state index in [2.05, 4.69) is 39.7 Å². The number of halogens is 2. The highest BCUT2D eigenvalue weighted by molar-refractivity contribution is 9.10. The first-order valence-electron chi connectivity index (χ1n) is 9.00. The molecule has 1 aromatic heterocycles. The van der Waals surface area contributed by atoms with Gasteiger partial charge in [0.1, 0.15) is 5.15 Å². The molecular formula is C19H28BrClN2O4. The van der Waals surface area contributed by atoms with E-state index in [4.69, 9.17) is 16.3 Å². The summed E-state index contributed by atoms with van der Waals surface area (Å²) >= 11 is 9.93. The molecule has 1 aliphatic rings. The first-order valence-corrected chi connectivity index (χ1v) is 10.2. The van der Waals surface area contributed by atoms with Crippen LogP contribution in [0.3, 0.4) is 0 Å². The van der Waals surface area contributed by atoms with Crippen molar-refractivity contribution in [2.75, 3.05) is 18.0 Å². The molecule has 0 aromatic carbocycles. The molecule has 1 unspecified atom stereocenters. The van der Waals surface area contributed by atoms with Gasteiger partial charge in [-0.2, -0.15) is 0 Å². The Morgan fingerprint density at radius 1 is 1.37 bits per heavy atom. The number of nitrogens with zero attached hydrogens (tertiary/aromatic N) is 2. The second-order valence-corrected chi connectivity index (χ2v) is 9.83. The summed E-state index contributed by atoms with van der Waals surface area (Å²) in [6.45, 7) is 11.0. The fourth-order valence-electron chi connectivity index (χ4n) is 3.15. The van der Waals surface area contributed by atoms with Crippen LogP contribution in [-0.4, -0.2) is 39.9 Å². The fraction of sp³-hybridized carbons (Fsp3) is 0.684. The lowest BCUT2D eigenvalue weighted by atomic mass is 9.82. The molecule has 1 aliphatic heterocycles. The van der Waals surface area contributed by atoms with E-state index >= 15 is 0 Å². The summed E-state index contributed by atoms with van der Waals surface area (Å²) in [6.07, 6.45) is 0.662. The SMILES string of the molecule is CC1(C)CCN(c2c(Br)c(CO)nc(Cl)c2C(OC(C)(C)C)C(=O)O)CC1. The minimum atomic E-state index is -1.26. The van der Waals surface area contributed by atoms with Crippen molar-refractivity contribution in [2.45, 2.75) is 65.8 Å². The molecule has 1 fully saturated rings. The molecule has 2 rings (SSSR count). The lowest BCUT2D eigenvalue weighted by Gasteiger charge is -2.40. The van der Waals surface area contributed by atoms with Gasteiger partial charge in [0.25, 0.3) is 0 Å². The van der Waals surface area contributed by atoms with Crippen LogP contribution in [0.5, 0.6) is 0 Å². The number of hydrogen-bond donors (Lipinski definition) is 2. The minimum absolute atomic E-state index is 0.0405. The molecular weight excluding hydrogens is 436 g/mol. The van der Waals surface area contributed by atoms with Crippen molar-refractivity contribution in [2.24, 2.45) is 5.41 Å². The van der Waals surface area contributed by atoms with E-state index in [1.54, 1.807) is 20.8 Å². The van der Waals surface area contributed by atoms with Gasteiger partial charge in [-0.25, -0.2) is 9.78 Å². The third-order valence-electron chi connectivity index (χ3n) is 4.71. The molecule has 0 aliphatic carbocycles. The summed E-state index contributed by atoms with van der Waals surface area (Å²) in [5, 5.41) is 19.5. The molecule has 1 aromatic rings. The highest BCUT2D eigenvalue weighted by Crippen LogP contribution is 2.44. The van der Waals surface area contributed by atoms with E-state index in [1.165, 1.54) is 0 Å². The van der Waals surface area contributed by atoms with Crippen molar-refractivity contribution in [3.05, 3.63) is 20.9 Å². The Morgan fingerprint density at radius 3 is 2.37 bits per heavy atom. The topological polar surface area (TPSA) is 82.9 Å². The zero-order valence-corrected chi connectivity index (χ0v) is 18.8. The molecule has 1 saturated heterocycles. The van der Waals surface area contributed by atoms with Gasteiger partial charge in [-0.15, -0.1) is 0 Å². The second-order valence-electron chi connectivity index (χ2n) is 8.68. The summed E-state index contributed by atoms with van der Waals surface area (Å²) < 4.78 is 6.40. The summed E-state index contributed by atoms with van der Waals surface area (Å²) in [6, 6.07) is 0. The van der Waals surface area contributed by atoms with Crippen molar-refractivity contribution in [1.82, 2.24) is 4.98 Å². The third kappa shape index (κ3) is 5.34. The number of carboxylic acid groups (broad SMARTS) is 1. The number of pyridine rings is 1. The van der Waals surface area contributed by atoms with Gasteiger partial charge < -0.3 is 19.8 Å². The molecule has 6 nitrogen and oxygen atoms in total. The average Bonchev–Trinajstić information content (AvgIpc) is 2.54. The molecule has 2 N–H and O–H groups in total. The number of aromatic nitrogens is 1. The average molecular weight is 464 g/mol. The van der Waals surface area contributed by atoms with Crippen LogP contribution in [0.2, 0.25) is 5.15 Å². The zero-order chi connectivity index (χ0) is 20.6. The Labute approximate surface area is 174 Å². The van der Waals surface area contributed by atoms with Crippen molar-refractivity contribution in [1.29, 1.82) is 0 Å². The first-order chi connectivity index (χ1) is 12.4. The van der Waals surface area contributed by atoms with Crippen LogP contribution < -0.4 is 4.90 Å². The number of hydrogen-bond acceptors (Lipinski definition) is 5. The van der Waals surface area contributed by atoms with Crippen molar-refractivity contribution >= 4 is 39.2 Å². The van der Waals surface area contributed by atoms with Crippen LogP contribution in [0.15, 0.2) is 4.47 Å². The van der Waals surface area contributed by atoms with Gasteiger partial charge in [0, 0.05) is 13.1 Å². The van der Waals surface area contributed by atoms with Crippen molar-refractivity contribution in [3.8, 4) is 0 Å². The molecule has 0 radical (unpaired) electrons. The maximum Gasteiger partial charge on any atom is 0.337 e.